The number of hydrogen-bond donors (Lipinski definition) is 0. The van der Waals surface area contributed by atoms with Gasteiger partial charge in [-0.25, -0.2) is 4.68 Å². The van der Waals surface area contributed by atoms with Gasteiger partial charge in [0.1, 0.15) is 5.58 Å². The number of nitrogens with zero attached hydrogens (tertiary/aromatic N) is 3. The minimum Gasteiger partial charge on any atom is -0.451 e. The fraction of sp³-hybridized carbons (Fsp3) is 0.278. The highest BCUT2D eigenvalue weighted by Gasteiger charge is 2.31. The minimum atomic E-state index is -0.152. The molecule has 0 bridgehead atoms. The Morgan fingerprint density at radius 2 is 2.12 bits per heavy atom. The molecule has 0 saturated carbocycles. The number of fused-ring (bicyclic) bond motifs is 1. The number of para-hydroxylation sites is 1. The standard InChI is InChI=1S/C18H17N3O3/c22-17-8-3-9-19-21(17)12-14-6-4-10-20(14)18(23)16-11-13-5-1-2-7-15(13)24-16/h1-3,5,7-9,11,14H,4,6,10,12H2. The fourth-order valence-electron chi connectivity index (χ4n) is 3.25. The van der Waals surface area contributed by atoms with E-state index in [2.05, 4.69) is 5.10 Å². The van der Waals surface area contributed by atoms with E-state index in [-0.39, 0.29) is 17.5 Å². The normalized spacial score (nSPS) is 17.5. The van der Waals surface area contributed by atoms with Crippen molar-refractivity contribution in [1.29, 1.82) is 0 Å². The Bertz CT molecular complexity index is 911. The largest absolute Gasteiger partial charge is 0.451 e. The highest BCUT2D eigenvalue weighted by Crippen LogP contribution is 2.25. The van der Waals surface area contributed by atoms with Crippen LogP contribution < -0.4 is 5.56 Å². The number of hydrogen-bond acceptors (Lipinski definition) is 4. The summed E-state index contributed by atoms with van der Waals surface area (Å²) in [5.74, 6) is 0.217. The third-order valence-corrected chi connectivity index (χ3v) is 4.44. The molecule has 1 fully saturated rings. The summed E-state index contributed by atoms with van der Waals surface area (Å²) in [5.41, 5.74) is 0.554. The summed E-state index contributed by atoms with van der Waals surface area (Å²) in [6.07, 6.45) is 3.36. The van der Waals surface area contributed by atoms with Crippen LogP contribution in [0.25, 0.3) is 11.0 Å². The van der Waals surface area contributed by atoms with E-state index in [0.717, 1.165) is 18.2 Å². The summed E-state index contributed by atoms with van der Waals surface area (Å²) >= 11 is 0. The van der Waals surface area contributed by atoms with Gasteiger partial charge in [0.05, 0.1) is 12.6 Å². The average Bonchev–Trinajstić information content (AvgIpc) is 3.23. The molecule has 0 N–H and O–H groups in total. The van der Waals surface area contributed by atoms with Gasteiger partial charge in [-0.2, -0.15) is 5.10 Å². The predicted octanol–water partition coefficient (Wildman–Crippen LogP) is 2.29. The van der Waals surface area contributed by atoms with Gasteiger partial charge >= 0.3 is 0 Å². The maximum atomic E-state index is 12.8. The Kier molecular flexibility index (Phi) is 3.65. The van der Waals surface area contributed by atoms with Gasteiger partial charge in [-0.3, -0.25) is 9.59 Å². The second-order valence-corrected chi connectivity index (χ2v) is 5.99. The molecule has 0 aliphatic carbocycles. The van der Waals surface area contributed by atoms with Crippen LogP contribution >= 0.6 is 0 Å². The summed E-state index contributed by atoms with van der Waals surface area (Å²) in [7, 11) is 0. The molecule has 0 radical (unpaired) electrons. The molecule has 6 heteroatoms. The maximum Gasteiger partial charge on any atom is 0.289 e. The van der Waals surface area contributed by atoms with Crippen molar-refractivity contribution < 1.29 is 9.21 Å². The number of likely N-dealkylation sites (tertiary alicyclic amines) is 1. The van der Waals surface area contributed by atoms with Crippen molar-refractivity contribution in [3.63, 3.8) is 0 Å². The molecule has 1 saturated heterocycles. The van der Waals surface area contributed by atoms with Crippen LogP contribution in [0.4, 0.5) is 0 Å². The van der Waals surface area contributed by atoms with Crippen molar-refractivity contribution >= 4 is 16.9 Å². The number of benzene rings is 1. The van der Waals surface area contributed by atoms with Gasteiger partial charge in [0.2, 0.25) is 0 Å². The number of amides is 1. The number of aromatic nitrogens is 2. The Balaban J connectivity index is 1.59. The Hall–Kier alpha value is -2.89. The van der Waals surface area contributed by atoms with Crippen molar-refractivity contribution in [3.05, 3.63) is 64.8 Å². The van der Waals surface area contributed by atoms with Crippen LogP contribution in [0.1, 0.15) is 23.4 Å². The maximum absolute atomic E-state index is 12.8. The lowest BCUT2D eigenvalue weighted by atomic mass is 10.2. The molecule has 1 atom stereocenters. The lowest BCUT2D eigenvalue weighted by molar-refractivity contribution is 0.0690. The van der Waals surface area contributed by atoms with Gasteiger partial charge in [0, 0.05) is 24.2 Å². The molecule has 1 aromatic carbocycles. The first kappa shape index (κ1) is 14.7. The Labute approximate surface area is 138 Å². The minimum absolute atomic E-state index is 0.0432. The third-order valence-electron chi connectivity index (χ3n) is 4.44. The van der Waals surface area contributed by atoms with Crippen LogP contribution in [0.2, 0.25) is 0 Å². The van der Waals surface area contributed by atoms with Crippen molar-refractivity contribution in [3.8, 4) is 0 Å². The van der Waals surface area contributed by atoms with Crippen LogP contribution in [0.5, 0.6) is 0 Å². The van der Waals surface area contributed by atoms with Gasteiger partial charge in [-0.05, 0) is 31.0 Å². The molecule has 3 heterocycles. The lowest BCUT2D eigenvalue weighted by Crippen LogP contribution is -2.40. The number of furan rings is 1. The molecule has 122 valence electrons. The monoisotopic (exact) mass is 323 g/mol. The first-order chi connectivity index (χ1) is 11.7. The number of carbonyl (C=O) groups excluding carboxylic acids is 1. The summed E-state index contributed by atoms with van der Waals surface area (Å²) < 4.78 is 7.10. The second kappa shape index (κ2) is 5.96. The number of carbonyl (C=O) groups is 1. The molecule has 6 nitrogen and oxygen atoms in total. The Morgan fingerprint density at radius 1 is 1.25 bits per heavy atom. The van der Waals surface area contributed by atoms with Crippen LogP contribution in [0, 0.1) is 0 Å². The molecular weight excluding hydrogens is 306 g/mol. The zero-order chi connectivity index (χ0) is 16.5. The molecule has 1 unspecified atom stereocenters. The van der Waals surface area contributed by atoms with E-state index in [9.17, 15) is 9.59 Å². The van der Waals surface area contributed by atoms with E-state index >= 15 is 0 Å². The van der Waals surface area contributed by atoms with E-state index in [1.165, 1.54) is 10.7 Å². The summed E-state index contributed by atoms with van der Waals surface area (Å²) in [5, 5.41) is 5.00. The van der Waals surface area contributed by atoms with E-state index in [0.29, 0.717) is 24.4 Å². The summed E-state index contributed by atoms with van der Waals surface area (Å²) in [4.78, 5) is 26.5. The molecule has 0 spiro atoms. The van der Waals surface area contributed by atoms with Crippen LogP contribution in [0.3, 0.4) is 0 Å². The first-order valence-electron chi connectivity index (χ1n) is 8.04. The summed E-state index contributed by atoms with van der Waals surface area (Å²) in [6.45, 7) is 1.08. The number of rotatable bonds is 3. The zero-order valence-corrected chi connectivity index (χ0v) is 13.1. The first-order valence-corrected chi connectivity index (χ1v) is 8.04. The van der Waals surface area contributed by atoms with Crippen LogP contribution in [-0.4, -0.2) is 33.2 Å². The van der Waals surface area contributed by atoms with Gasteiger partial charge in [0.25, 0.3) is 11.5 Å². The van der Waals surface area contributed by atoms with Crippen molar-refractivity contribution in [2.45, 2.75) is 25.4 Å². The quantitative estimate of drug-likeness (QED) is 0.741. The van der Waals surface area contributed by atoms with Crippen molar-refractivity contribution in [1.82, 2.24) is 14.7 Å². The molecule has 4 rings (SSSR count). The van der Waals surface area contributed by atoms with Gasteiger partial charge in [-0.1, -0.05) is 18.2 Å². The smallest absolute Gasteiger partial charge is 0.289 e. The molecule has 1 amide bonds. The SMILES string of the molecule is O=C(c1cc2ccccc2o1)N1CCCC1Cn1ncccc1=O. The van der Waals surface area contributed by atoms with Crippen molar-refractivity contribution in [2.24, 2.45) is 0 Å². The van der Waals surface area contributed by atoms with Crippen LogP contribution in [0.15, 0.2) is 57.9 Å². The highest BCUT2D eigenvalue weighted by atomic mass is 16.3. The average molecular weight is 323 g/mol. The van der Waals surface area contributed by atoms with Crippen molar-refractivity contribution in [2.75, 3.05) is 6.54 Å². The molecule has 1 aliphatic heterocycles. The van der Waals surface area contributed by atoms with Gasteiger partial charge < -0.3 is 9.32 Å². The Morgan fingerprint density at radius 3 is 2.96 bits per heavy atom. The summed E-state index contributed by atoms with van der Waals surface area (Å²) in [6, 6.07) is 12.4. The third kappa shape index (κ3) is 2.60. The molecular formula is C18H17N3O3. The topological polar surface area (TPSA) is 68.3 Å². The molecule has 1 aliphatic rings. The van der Waals surface area contributed by atoms with E-state index in [1.54, 1.807) is 23.2 Å². The van der Waals surface area contributed by atoms with E-state index < -0.39 is 0 Å². The second-order valence-electron chi connectivity index (χ2n) is 5.99. The fourth-order valence-corrected chi connectivity index (χ4v) is 3.25. The zero-order valence-electron chi connectivity index (χ0n) is 13.1. The molecule has 2 aromatic heterocycles. The predicted molar refractivity (Wildman–Crippen MR) is 88.8 cm³/mol. The van der Waals surface area contributed by atoms with Gasteiger partial charge in [-0.15, -0.1) is 0 Å². The van der Waals surface area contributed by atoms with Crippen LogP contribution in [-0.2, 0) is 6.54 Å². The molecule has 3 aromatic rings. The lowest BCUT2D eigenvalue weighted by Gasteiger charge is -2.23. The van der Waals surface area contributed by atoms with E-state index in [1.807, 2.05) is 24.3 Å². The molecule has 24 heavy (non-hydrogen) atoms. The highest BCUT2D eigenvalue weighted by molar-refractivity contribution is 5.96. The van der Waals surface area contributed by atoms with E-state index in [4.69, 9.17) is 4.42 Å². The van der Waals surface area contributed by atoms with Gasteiger partial charge in [0.15, 0.2) is 5.76 Å².